The molecule has 1 amide bonds. The van der Waals surface area contributed by atoms with E-state index in [2.05, 4.69) is 32.6 Å². The zero-order valence-electron chi connectivity index (χ0n) is 16.2. The van der Waals surface area contributed by atoms with Crippen LogP contribution in [0, 0.1) is 0 Å². The number of rotatable bonds is 5. The lowest BCUT2D eigenvalue weighted by Gasteiger charge is -2.32. The van der Waals surface area contributed by atoms with Crippen molar-refractivity contribution in [2.45, 2.75) is 32.2 Å². The average Bonchev–Trinajstić information content (AvgIpc) is 3.45. The summed E-state index contributed by atoms with van der Waals surface area (Å²) in [6, 6.07) is 3.28. The Labute approximate surface area is 172 Å². The fourth-order valence-electron chi connectivity index (χ4n) is 3.69. The fraction of sp³-hybridized carbons (Fsp3) is 0.444. The van der Waals surface area contributed by atoms with E-state index in [0.29, 0.717) is 35.1 Å². The van der Waals surface area contributed by atoms with Gasteiger partial charge in [-0.25, -0.2) is 0 Å². The van der Waals surface area contributed by atoms with Crippen LogP contribution in [-0.2, 0) is 6.54 Å². The highest BCUT2D eigenvalue weighted by molar-refractivity contribution is 6.33. The fourth-order valence-corrected chi connectivity index (χ4v) is 3.94. The van der Waals surface area contributed by atoms with Gasteiger partial charge in [0.15, 0.2) is 0 Å². The summed E-state index contributed by atoms with van der Waals surface area (Å²) >= 11 is 6.42. The normalized spacial score (nSPS) is 16.8. The molecule has 10 nitrogen and oxygen atoms in total. The summed E-state index contributed by atoms with van der Waals surface area (Å²) in [6.45, 7) is 4.10. The molecule has 0 radical (unpaired) electrons. The van der Waals surface area contributed by atoms with E-state index in [0.717, 1.165) is 25.2 Å². The third-order valence-electron chi connectivity index (χ3n) is 5.16. The molecule has 0 aliphatic carbocycles. The van der Waals surface area contributed by atoms with Crippen molar-refractivity contribution in [3.05, 3.63) is 41.2 Å². The molecule has 1 fully saturated rings. The minimum atomic E-state index is -0.126. The third-order valence-corrected chi connectivity index (χ3v) is 5.46. The number of hydrogen-bond acceptors (Lipinski definition) is 7. The highest BCUT2D eigenvalue weighted by Crippen LogP contribution is 2.32. The molecule has 29 heavy (non-hydrogen) atoms. The number of piperidine rings is 1. The number of nitrogens with zero attached hydrogens (tertiary/aromatic N) is 8. The quantitative estimate of drug-likeness (QED) is 0.626. The van der Waals surface area contributed by atoms with E-state index in [-0.39, 0.29) is 11.8 Å². The van der Waals surface area contributed by atoms with Crippen molar-refractivity contribution in [1.82, 2.24) is 39.9 Å². The Morgan fingerprint density at radius 2 is 2.17 bits per heavy atom. The summed E-state index contributed by atoms with van der Waals surface area (Å²) in [4.78, 5) is 15.1. The number of likely N-dealkylation sites (tertiary alicyclic amines) is 1. The van der Waals surface area contributed by atoms with Gasteiger partial charge in [0.2, 0.25) is 0 Å². The maximum absolute atomic E-state index is 13.3. The van der Waals surface area contributed by atoms with Crippen LogP contribution in [0.1, 0.15) is 41.9 Å². The molecule has 0 spiro atoms. The minimum Gasteiger partial charge on any atom is -0.496 e. The number of methoxy groups -OCH3 is 1. The summed E-state index contributed by atoms with van der Waals surface area (Å²) < 4.78 is 8.92. The maximum atomic E-state index is 13.3. The summed E-state index contributed by atoms with van der Waals surface area (Å²) in [6.07, 6.45) is 5.03. The molecule has 1 aromatic carbocycles. The van der Waals surface area contributed by atoms with Gasteiger partial charge in [0, 0.05) is 31.6 Å². The third kappa shape index (κ3) is 3.67. The lowest BCUT2D eigenvalue weighted by atomic mass is 9.96. The van der Waals surface area contributed by atoms with Crippen molar-refractivity contribution in [1.29, 1.82) is 0 Å². The van der Waals surface area contributed by atoms with E-state index in [1.807, 2.05) is 9.47 Å². The largest absolute Gasteiger partial charge is 0.496 e. The van der Waals surface area contributed by atoms with Gasteiger partial charge in [0.1, 0.15) is 24.2 Å². The van der Waals surface area contributed by atoms with Crippen LogP contribution in [0.2, 0.25) is 5.02 Å². The van der Waals surface area contributed by atoms with Crippen LogP contribution in [-0.4, -0.2) is 66.0 Å². The van der Waals surface area contributed by atoms with E-state index in [9.17, 15) is 4.79 Å². The van der Waals surface area contributed by atoms with E-state index < -0.39 is 0 Å². The highest BCUT2D eigenvalue weighted by Gasteiger charge is 2.30. The Hall–Kier alpha value is -3.01. The highest BCUT2D eigenvalue weighted by atomic mass is 35.5. The number of carbonyl (C=O) groups is 1. The van der Waals surface area contributed by atoms with E-state index >= 15 is 0 Å². The van der Waals surface area contributed by atoms with E-state index in [1.165, 1.54) is 18.1 Å². The second kappa shape index (κ2) is 8.16. The molecule has 1 aliphatic rings. The van der Waals surface area contributed by atoms with Crippen LogP contribution in [0.5, 0.6) is 5.75 Å². The average molecular weight is 417 g/mol. The lowest BCUT2D eigenvalue weighted by Crippen LogP contribution is -2.40. The Morgan fingerprint density at radius 1 is 1.31 bits per heavy atom. The zero-order chi connectivity index (χ0) is 20.4. The molecule has 1 unspecified atom stereocenters. The first-order valence-corrected chi connectivity index (χ1v) is 9.78. The smallest absolute Gasteiger partial charge is 0.257 e. The molecule has 0 N–H and O–H groups in total. The first-order chi connectivity index (χ1) is 14.1. The number of benzene rings is 1. The predicted octanol–water partition coefficient (Wildman–Crippen LogP) is 1.96. The molecule has 1 atom stereocenters. The zero-order valence-corrected chi connectivity index (χ0v) is 17.0. The lowest BCUT2D eigenvalue weighted by molar-refractivity contribution is 0.0700. The first kappa shape index (κ1) is 19.3. The Kier molecular flexibility index (Phi) is 5.43. The number of aryl methyl sites for hydroxylation is 1. The molecular weight excluding hydrogens is 396 g/mol. The van der Waals surface area contributed by atoms with Crippen LogP contribution in [0.4, 0.5) is 0 Å². The molecule has 3 aromatic rings. The van der Waals surface area contributed by atoms with Crippen LogP contribution in [0.25, 0.3) is 5.69 Å². The number of amides is 1. The monoisotopic (exact) mass is 416 g/mol. The van der Waals surface area contributed by atoms with Crippen LogP contribution >= 0.6 is 11.6 Å². The molecule has 11 heteroatoms. The molecule has 0 saturated carbocycles. The molecule has 0 bridgehead atoms. The van der Waals surface area contributed by atoms with E-state index in [4.69, 9.17) is 16.3 Å². The number of halogens is 1. The molecule has 4 rings (SSSR count). The minimum absolute atomic E-state index is 0.126. The topological polar surface area (TPSA) is 104 Å². The predicted molar refractivity (Wildman–Crippen MR) is 104 cm³/mol. The Bertz CT molecular complexity index is 1000. The van der Waals surface area contributed by atoms with Crippen molar-refractivity contribution in [3.8, 4) is 11.4 Å². The van der Waals surface area contributed by atoms with Crippen molar-refractivity contribution in [3.63, 3.8) is 0 Å². The standard InChI is InChI=1S/C18H21ClN8O2/c1-3-25-10-20-22-17(25)12-5-4-6-26(9-12)18(28)13-7-14(19)15(8-16(13)29-2)27-11-21-23-24-27/h7-8,10-12H,3-6,9H2,1-2H3. The summed E-state index contributed by atoms with van der Waals surface area (Å²) in [5.41, 5.74) is 0.949. The van der Waals surface area contributed by atoms with Crippen LogP contribution in [0.15, 0.2) is 24.8 Å². The van der Waals surface area contributed by atoms with Crippen molar-refractivity contribution < 1.29 is 9.53 Å². The number of aromatic nitrogens is 7. The molecular formula is C18H21ClN8O2. The molecule has 1 aliphatic heterocycles. The maximum Gasteiger partial charge on any atom is 0.257 e. The van der Waals surface area contributed by atoms with Crippen molar-refractivity contribution in [2.75, 3.05) is 20.2 Å². The number of hydrogen-bond donors (Lipinski definition) is 0. The second-order valence-electron chi connectivity index (χ2n) is 6.82. The van der Waals surface area contributed by atoms with Gasteiger partial charge in [-0.15, -0.1) is 15.3 Å². The Morgan fingerprint density at radius 3 is 2.90 bits per heavy atom. The van der Waals surface area contributed by atoms with Crippen molar-refractivity contribution >= 4 is 17.5 Å². The van der Waals surface area contributed by atoms with Gasteiger partial charge in [-0.05, 0) is 36.3 Å². The van der Waals surface area contributed by atoms with Crippen LogP contribution < -0.4 is 4.74 Å². The Balaban J connectivity index is 1.61. The van der Waals surface area contributed by atoms with Gasteiger partial charge < -0.3 is 14.2 Å². The van der Waals surface area contributed by atoms with Gasteiger partial charge in [0.05, 0.1) is 23.4 Å². The molecule has 2 aromatic heterocycles. The molecule has 152 valence electrons. The van der Waals surface area contributed by atoms with Gasteiger partial charge in [0.25, 0.3) is 5.91 Å². The summed E-state index contributed by atoms with van der Waals surface area (Å²) in [5, 5.41) is 19.7. The number of carbonyl (C=O) groups excluding carboxylic acids is 1. The van der Waals surface area contributed by atoms with Gasteiger partial charge in [-0.2, -0.15) is 4.68 Å². The van der Waals surface area contributed by atoms with Crippen LogP contribution in [0.3, 0.4) is 0 Å². The van der Waals surface area contributed by atoms with Gasteiger partial charge >= 0.3 is 0 Å². The summed E-state index contributed by atoms with van der Waals surface area (Å²) in [5.74, 6) is 1.36. The van der Waals surface area contributed by atoms with Gasteiger partial charge in [-0.3, -0.25) is 4.79 Å². The van der Waals surface area contributed by atoms with Crippen molar-refractivity contribution in [2.24, 2.45) is 0 Å². The van der Waals surface area contributed by atoms with Gasteiger partial charge in [-0.1, -0.05) is 11.6 Å². The first-order valence-electron chi connectivity index (χ1n) is 9.40. The number of ether oxygens (including phenoxy) is 1. The summed E-state index contributed by atoms with van der Waals surface area (Å²) in [7, 11) is 1.52. The number of tetrazole rings is 1. The van der Waals surface area contributed by atoms with E-state index in [1.54, 1.807) is 18.5 Å². The SMILES string of the molecule is CCn1cnnc1C1CCCN(C(=O)c2cc(Cl)c(-n3cnnn3)cc2OC)C1. The molecule has 1 saturated heterocycles. The molecule has 3 heterocycles. The second-order valence-corrected chi connectivity index (χ2v) is 7.23.